The van der Waals surface area contributed by atoms with Crippen molar-refractivity contribution < 1.29 is 23.9 Å². The van der Waals surface area contributed by atoms with Crippen LogP contribution in [0, 0.1) is 10.1 Å². The van der Waals surface area contributed by atoms with Crippen molar-refractivity contribution in [2.75, 3.05) is 21.3 Å². The summed E-state index contributed by atoms with van der Waals surface area (Å²) in [5.41, 5.74) is 0.686. The van der Waals surface area contributed by atoms with Crippen molar-refractivity contribution in [1.29, 1.82) is 0 Å². The van der Waals surface area contributed by atoms with Crippen LogP contribution in [0.25, 0.3) is 0 Å². The van der Waals surface area contributed by atoms with Crippen LogP contribution in [0.3, 0.4) is 0 Å². The number of halogens is 1. The van der Waals surface area contributed by atoms with Crippen molar-refractivity contribution >= 4 is 27.7 Å². The van der Waals surface area contributed by atoms with Gasteiger partial charge in [0.05, 0.1) is 32.6 Å². The van der Waals surface area contributed by atoms with E-state index in [9.17, 15) is 14.9 Å². The number of aromatic nitrogens is 2. The van der Waals surface area contributed by atoms with Gasteiger partial charge in [-0.15, -0.1) is 0 Å². The molecule has 0 aliphatic carbocycles. The van der Waals surface area contributed by atoms with Crippen molar-refractivity contribution in [2.24, 2.45) is 0 Å². The molecule has 1 N–H and O–H groups in total. The number of hydrogen-bond donors (Lipinski definition) is 1. The number of carbonyl (C=O) groups is 1. The Morgan fingerprint density at radius 1 is 1.23 bits per heavy atom. The van der Waals surface area contributed by atoms with Gasteiger partial charge in [-0.25, -0.2) is 0 Å². The van der Waals surface area contributed by atoms with Gasteiger partial charge in [0, 0.05) is 18.2 Å². The van der Waals surface area contributed by atoms with Crippen molar-refractivity contribution in [3.63, 3.8) is 0 Å². The van der Waals surface area contributed by atoms with E-state index in [1.54, 1.807) is 12.1 Å². The molecule has 1 amide bonds. The number of methoxy groups -OCH3 is 3. The maximum Gasteiger partial charge on any atom is 0.404 e. The molecule has 0 aliphatic heterocycles. The highest BCUT2D eigenvalue weighted by Crippen LogP contribution is 2.34. The Hall–Kier alpha value is -2.82. The van der Waals surface area contributed by atoms with Gasteiger partial charge < -0.3 is 29.6 Å². The zero-order valence-electron chi connectivity index (χ0n) is 14.3. The Kier molecular flexibility index (Phi) is 6.39. The Morgan fingerprint density at radius 2 is 1.85 bits per heavy atom. The fourth-order valence-corrected chi connectivity index (χ4v) is 2.68. The summed E-state index contributed by atoms with van der Waals surface area (Å²) in [6, 6.07) is 3.36. The van der Waals surface area contributed by atoms with Gasteiger partial charge in [0.15, 0.2) is 11.5 Å². The minimum absolute atomic E-state index is 0.165. The second kappa shape index (κ2) is 8.52. The number of nitrogens with zero attached hydrogens (tertiary/aromatic N) is 3. The van der Waals surface area contributed by atoms with E-state index in [4.69, 9.17) is 14.2 Å². The number of rotatable bonds is 8. The molecule has 0 unspecified atom stereocenters. The van der Waals surface area contributed by atoms with Crippen molar-refractivity contribution in [3.8, 4) is 17.2 Å². The van der Waals surface area contributed by atoms with Crippen LogP contribution in [0.4, 0.5) is 5.82 Å². The second-order valence-electron chi connectivity index (χ2n) is 5.05. The van der Waals surface area contributed by atoms with E-state index >= 15 is 0 Å². The Balaban J connectivity index is 2.07. The molecule has 0 spiro atoms. The number of carbonyl (C=O) groups excluding carboxylic acids is 1. The van der Waals surface area contributed by atoms with Crippen LogP contribution in [0.15, 0.2) is 22.8 Å². The number of nitrogens with one attached hydrogen (secondary N) is 1. The third kappa shape index (κ3) is 4.42. The SMILES string of the molecule is COc1cc(OC)c(OC)cc1CNC(=O)Cn1cc(Br)c([N+](=O)[O-])n1. The predicted octanol–water partition coefficient (Wildman–Crippen LogP) is 1.90. The van der Waals surface area contributed by atoms with Crippen LogP contribution in [0.5, 0.6) is 17.2 Å². The fourth-order valence-electron chi connectivity index (χ4n) is 2.22. The highest BCUT2D eigenvalue weighted by atomic mass is 79.9. The smallest absolute Gasteiger partial charge is 0.404 e. The Labute approximate surface area is 157 Å². The minimum atomic E-state index is -0.632. The van der Waals surface area contributed by atoms with E-state index < -0.39 is 4.92 Å². The maximum atomic E-state index is 12.1. The van der Waals surface area contributed by atoms with Crippen LogP contribution < -0.4 is 19.5 Å². The number of benzene rings is 1. The topological polar surface area (TPSA) is 118 Å². The summed E-state index contributed by atoms with van der Waals surface area (Å²) in [5.74, 6) is 0.823. The first-order valence-corrected chi connectivity index (χ1v) is 8.11. The van der Waals surface area contributed by atoms with Gasteiger partial charge in [-0.3, -0.25) is 4.79 Å². The average molecular weight is 429 g/mol. The molecular formula is C15H17BrN4O6. The molecule has 1 heterocycles. The summed E-state index contributed by atoms with van der Waals surface area (Å²) >= 11 is 3.03. The first-order chi connectivity index (χ1) is 12.4. The van der Waals surface area contributed by atoms with Gasteiger partial charge >= 0.3 is 5.82 Å². The zero-order valence-corrected chi connectivity index (χ0v) is 15.9. The van der Waals surface area contributed by atoms with E-state index in [1.165, 1.54) is 32.2 Å². The summed E-state index contributed by atoms with van der Waals surface area (Å²) in [6.45, 7) is 0.00887. The van der Waals surface area contributed by atoms with Crippen LogP contribution in [-0.4, -0.2) is 41.9 Å². The second-order valence-corrected chi connectivity index (χ2v) is 5.91. The molecule has 10 nitrogen and oxygen atoms in total. The molecule has 0 atom stereocenters. The fraction of sp³-hybridized carbons (Fsp3) is 0.333. The lowest BCUT2D eigenvalue weighted by Gasteiger charge is -2.14. The molecule has 2 rings (SSSR count). The third-order valence-corrected chi connectivity index (χ3v) is 4.00. The van der Waals surface area contributed by atoms with Crippen molar-refractivity contribution in [3.05, 3.63) is 38.5 Å². The first kappa shape index (κ1) is 19.5. The van der Waals surface area contributed by atoms with E-state index in [0.29, 0.717) is 22.8 Å². The van der Waals surface area contributed by atoms with Gasteiger partial charge in [-0.2, -0.15) is 4.68 Å². The molecular weight excluding hydrogens is 412 g/mol. The number of amides is 1. The highest BCUT2D eigenvalue weighted by Gasteiger charge is 2.20. The molecule has 0 fully saturated rings. The van der Waals surface area contributed by atoms with E-state index in [0.717, 1.165) is 0 Å². The Morgan fingerprint density at radius 3 is 2.38 bits per heavy atom. The van der Waals surface area contributed by atoms with Gasteiger partial charge in [0.1, 0.15) is 16.8 Å². The van der Waals surface area contributed by atoms with E-state index in [-0.39, 0.29) is 29.3 Å². The lowest BCUT2D eigenvalue weighted by atomic mass is 10.1. The lowest BCUT2D eigenvalue weighted by Crippen LogP contribution is -2.27. The molecule has 0 radical (unpaired) electrons. The Bertz CT molecular complexity index is 823. The molecule has 11 heteroatoms. The van der Waals surface area contributed by atoms with Gasteiger partial charge in [0.2, 0.25) is 5.91 Å². The summed E-state index contributed by atoms with van der Waals surface area (Å²) in [7, 11) is 4.53. The third-order valence-electron chi connectivity index (χ3n) is 3.44. The van der Waals surface area contributed by atoms with Crippen molar-refractivity contribution in [2.45, 2.75) is 13.1 Å². The molecule has 0 saturated carbocycles. The summed E-state index contributed by atoms with van der Waals surface area (Å²) in [6.07, 6.45) is 1.37. The number of nitro groups is 1. The molecule has 0 saturated heterocycles. The monoisotopic (exact) mass is 428 g/mol. The van der Waals surface area contributed by atoms with Crippen LogP contribution in [-0.2, 0) is 17.9 Å². The van der Waals surface area contributed by atoms with Gasteiger partial charge in [-0.1, -0.05) is 0 Å². The largest absolute Gasteiger partial charge is 0.496 e. The van der Waals surface area contributed by atoms with E-state index in [1.807, 2.05) is 0 Å². The molecule has 1 aromatic heterocycles. The lowest BCUT2D eigenvalue weighted by molar-refractivity contribution is -0.390. The highest BCUT2D eigenvalue weighted by molar-refractivity contribution is 9.10. The normalized spacial score (nSPS) is 10.3. The minimum Gasteiger partial charge on any atom is -0.496 e. The quantitative estimate of drug-likeness (QED) is 0.503. The zero-order chi connectivity index (χ0) is 19.3. The molecule has 2 aromatic rings. The molecule has 140 valence electrons. The van der Waals surface area contributed by atoms with Crippen LogP contribution in [0.1, 0.15) is 5.56 Å². The molecule has 26 heavy (non-hydrogen) atoms. The maximum absolute atomic E-state index is 12.1. The van der Waals surface area contributed by atoms with Crippen LogP contribution in [0.2, 0.25) is 0 Å². The summed E-state index contributed by atoms with van der Waals surface area (Å²) < 4.78 is 17.1. The van der Waals surface area contributed by atoms with Crippen LogP contribution >= 0.6 is 15.9 Å². The standard InChI is InChI=1S/C15H17BrN4O6/c1-24-11-5-13(26-3)12(25-2)4-9(11)6-17-14(21)8-19-7-10(16)15(18-19)20(22)23/h4-5,7H,6,8H2,1-3H3,(H,17,21). The summed E-state index contributed by atoms with van der Waals surface area (Å²) in [5, 5.41) is 17.2. The molecule has 1 aromatic carbocycles. The molecule has 0 aliphatic rings. The van der Waals surface area contributed by atoms with Gasteiger partial charge in [-0.05, 0) is 26.9 Å². The molecule has 0 bridgehead atoms. The first-order valence-electron chi connectivity index (χ1n) is 7.32. The van der Waals surface area contributed by atoms with Gasteiger partial charge in [0.25, 0.3) is 0 Å². The van der Waals surface area contributed by atoms with Crippen molar-refractivity contribution in [1.82, 2.24) is 15.1 Å². The summed E-state index contributed by atoms with van der Waals surface area (Å²) in [4.78, 5) is 22.2. The number of hydrogen-bond acceptors (Lipinski definition) is 7. The average Bonchev–Trinajstić information content (AvgIpc) is 2.99. The number of ether oxygens (including phenoxy) is 3. The predicted molar refractivity (Wildman–Crippen MR) is 94.5 cm³/mol. The van der Waals surface area contributed by atoms with E-state index in [2.05, 4.69) is 26.3 Å².